The number of benzene rings is 2. The number of aromatic nitrogens is 2. The Morgan fingerprint density at radius 2 is 1.83 bits per heavy atom. The van der Waals surface area contributed by atoms with E-state index in [1.807, 2.05) is 61.5 Å². The molecule has 3 aromatic rings. The standard InChI is InChI=1S/C18H16N2O3/c1-13-7-9-14(10-8-13)11-17(21)22-12-16-19-18(20-23-16)15-5-3-2-4-6-15/h2-10H,11-12H2,1H3. The fraction of sp³-hybridized carbons (Fsp3) is 0.167. The Labute approximate surface area is 133 Å². The molecule has 0 saturated carbocycles. The number of hydrogen-bond donors (Lipinski definition) is 0. The first-order valence-electron chi connectivity index (χ1n) is 7.30. The van der Waals surface area contributed by atoms with Crippen molar-refractivity contribution in [2.24, 2.45) is 0 Å². The van der Waals surface area contributed by atoms with E-state index in [4.69, 9.17) is 9.26 Å². The predicted octanol–water partition coefficient (Wildman–Crippen LogP) is 3.33. The lowest BCUT2D eigenvalue weighted by atomic mass is 10.1. The van der Waals surface area contributed by atoms with Gasteiger partial charge in [-0.15, -0.1) is 0 Å². The van der Waals surface area contributed by atoms with Gasteiger partial charge < -0.3 is 9.26 Å². The summed E-state index contributed by atoms with van der Waals surface area (Å²) in [5.74, 6) is 0.435. The number of esters is 1. The van der Waals surface area contributed by atoms with Gasteiger partial charge >= 0.3 is 5.97 Å². The number of carbonyl (C=O) groups excluding carboxylic acids is 1. The lowest BCUT2D eigenvalue weighted by molar-refractivity contribution is -0.144. The van der Waals surface area contributed by atoms with Crippen LogP contribution in [0.5, 0.6) is 0 Å². The highest BCUT2D eigenvalue weighted by Crippen LogP contribution is 2.15. The summed E-state index contributed by atoms with van der Waals surface area (Å²) in [4.78, 5) is 16.1. The Morgan fingerprint density at radius 3 is 2.57 bits per heavy atom. The molecule has 0 aliphatic heterocycles. The minimum absolute atomic E-state index is 0.0233. The molecule has 0 atom stereocenters. The van der Waals surface area contributed by atoms with Crippen molar-refractivity contribution < 1.29 is 14.1 Å². The van der Waals surface area contributed by atoms with Gasteiger partial charge in [0.2, 0.25) is 5.82 Å². The number of carbonyl (C=O) groups is 1. The first-order chi connectivity index (χ1) is 11.2. The molecule has 2 aromatic carbocycles. The molecule has 0 amide bonds. The molecule has 116 valence electrons. The van der Waals surface area contributed by atoms with Gasteiger partial charge in [-0.05, 0) is 12.5 Å². The summed E-state index contributed by atoms with van der Waals surface area (Å²) in [5, 5.41) is 3.88. The first kappa shape index (κ1) is 15.0. The molecular weight excluding hydrogens is 292 g/mol. The monoisotopic (exact) mass is 308 g/mol. The molecule has 0 saturated heterocycles. The van der Waals surface area contributed by atoms with Crippen LogP contribution in [0.25, 0.3) is 11.4 Å². The second-order valence-corrected chi connectivity index (χ2v) is 5.20. The minimum Gasteiger partial charge on any atom is -0.455 e. The summed E-state index contributed by atoms with van der Waals surface area (Å²) in [6, 6.07) is 17.2. The van der Waals surface area contributed by atoms with E-state index < -0.39 is 0 Å². The largest absolute Gasteiger partial charge is 0.455 e. The predicted molar refractivity (Wildman–Crippen MR) is 84.4 cm³/mol. The highest BCUT2D eigenvalue weighted by molar-refractivity contribution is 5.72. The van der Waals surface area contributed by atoms with Crippen LogP contribution >= 0.6 is 0 Å². The number of aryl methyl sites for hydroxylation is 1. The van der Waals surface area contributed by atoms with E-state index in [1.165, 1.54) is 0 Å². The van der Waals surface area contributed by atoms with Crippen molar-refractivity contribution in [3.05, 3.63) is 71.6 Å². The molecule has 0 fully saturated rings. The fourth-order valence-corrected chi connectivity index (χ4v) is 2.08. The van der Waals surface area contributed by atoms with Gasteiger partial charge in [0.1, 0.15) is 0 Å². The lowest BCUT2D eigenvalue weighted by Crippen LogP contribution is -2.08. The average molecular weight is 308 g/mol. The molecular formula is C18H16N2O3. The van der Waals surface area contributed by atoms with E-state index >= 15 is 0 Å². The first-order valence-corrected chi connectivity index (χ1v) is 7.30. The summed E-state index contributed by atoms with van der Waals surface area (Å²) in [6.45, 7) is 1.98. The van der Waals surface area contributed by atoms with Gasteiger partial charge in [-0.25, -0.2) is 0 Å². The van der Waals surface area contributed by atoms with Crippen molar-refractivity contribution in [3.8, 4) is 11.4 Å². The summed E-state index contributed by atoms with van der Waals surface area (Å²) >= 11 is 0. The zero-order valence-corrected chi connectivity index (χ0v) is 12.7. The SMILES string of the molecule is Cc1ccc(CC(=O)OCc2nc(-c3ccccc3)no2)cc1. The number of rotatable bonds is 5. The van der Waals surface area contributed by atoms with E-state index in [9.17, 15) is 4.79 Å². The third-order valence-electron chi connectivity index (χ3n) is 3.33. The Bertz CT molecular complexity index is 780. The van der Waals surface area contributed by atoms with Gasteiger partial charge in [0.15, 0.2) is 6.61 Å². The van der Waals surface area contributed by atoms with Crippen LogP contribution in [0.15, 0.2) is 59.1 Å². The number of ether oxygens (including phenoxy) is 1. The summed E-state index contributed by atoms with van der Waals surface area (Å²) < 4.78 is 10.3. The topological polar surface area (TPSA) is 65.2 Å². The number of nitrogens with zero attached hydrogens (tertiary/aromatic N) is 2. The van der Waals surface area contributed by atoms with Gasteiger partial charge in [-0.3, -0.25) is 4.79 Å². The normalized spacial score (nSPS) is 10.5. The zero-order valence-electron chi connectivity index (χ0n) is 12.7. The van der Waals surface area contributed by atoms with Crippen LogP contribution in [0.4, 0.5) is 0 Å². The van der Waals surface area contributed by atoms with E-state index in [0.717, 1.165) is 16.7 Å². The molecule has 0 aliphatic carbocycles. The van der Waals surface area contributed by atoms with Crippen molar-refractivity contribution in [2.45, 2.75) is 20.0 Å². The van der Waals surface area contributed by atoms with Crippen LogP contribution in [0.2, 0.25) is 0 Å². The fourth-order valence-electron chi connectivity index (χ4n) is 2.08. The van der Waals surface area contributed by atoms with Gasteiger partial charge in [0, 0.05) is 5.56 Å². The van der Waals surface area contributed by atoms with E-state index in [1.54, 1.807) is 0 Å². The second-order valence-electron chi connectivity index (χ2n) is 5.20. The molecule has 5 nitrogen and oxygen atoms in total. The van der Waals surface area contributed by atoms with Gasteiger partial charge in [0.25, 0.3) is 5.89 Å². The molecule has 23 heavy (non-hydrogen) atoms. The molecule has 0 unspecified atom stereocenters. The van der Waals surface area contributed by atoms with Gasteiger partial charge in [-0.2, -0.15) is 4.98 Å². The van der Waals surface area contributed by atoms with Crippen molar-refractivity contribution >= 4 is 5.97 Å². The molecule has 1 heterocycles. The maximum absolute atomic E-state index is 11.8. The Balaban J connectivity index is 1.55. The van der Waals surface area contributed by atoms with Crippen LogP contribution < -0.4 is 0 Å². The third-order valence-corrected chi connectivity index (χ3v) is 3.33. The van der Waals surface area contributed by atoms with Crippen LogP contribution in [-0.4, -0.2) is 16.1 Å². The highest BCUT2D eigenvalue weighted by atomic mass is 16.6. The van der Waals surface area contributed by atoms with E-state index in [-0.39, 0.29) is 24.9 Å². The molecule has 5 heteroatoms. The maximum Gasteiger partial charge on any atom is 0.310 e. The zero-order chi connectivity index (χ0) is 16.1. The van der Waals surface area contributed by atoms with Crippen molar-refractivity contribution in [1.29, 1.82) is 0 Å². The average Bonchev–Trinajstić information content (AvgIpc) is 3.05. The van der Waals surface area contributed by atoms with Crippen LogP contribution in [-0.2, 0) is 22.6 Å². The molecule has 0 N–H and O–H groups in total. The molecule has 3 rings (SSSR count). The van der Waals surface area contributed by atoms with E-state index in [2.05, 4.69) is 10.1 Å². The second kappa shape index (κ2) is 6.87. The molecule has 0 bridgehead atoms. The quantitative estimate of drug-likeness (QED) is 0.676. The Kier molecular flexibility index (Phi) is 4.47. The maximum atomic E-state index is 11.8. The lowest BCUT2D eigenvalue weighted by Gasteiger charge is -2.02. The molecule has 0 aliphatic rings. The van der Waals surface area contributed by atoms with Crippen LogP contribution in [0, 0.1) is 6.92 Å². The van der Waals surface area contributed by atoms with Crippen LogP contribution in [0.1, 0.15) is 17.0 Å². The Morgan fingerprint density at radius 1 is 1.09 bits per heavy atom. The van der Waals surface area contributed by atoms with Crippen LogP contribution in [0.3, 0.4) is 0 Å². The van der Waals surface area contributed by atoms with E-state index in [0.29, 0.717) is 5.82 Å². The summed E-state index contributed by atoms with van der Waals surface area (Å²) in [7, 11) is 0. The third kappa shape index (κ3) is 4.03. The molecule has 1 aromatic heterocycles. The van der Waals surface area contributed by atoms with Crippen molar-refractivity contribution in [3.63, 3.8) is 0 Å². The van der Waals surface area contributed by atoms with Crippen molar-refractivity contribution in [2.75, 3.05) is 0 Å². The van der Waals surface area contributed by atoms with Crippen molar-refractivity contribution in [1.82, 2.24) is 10.1 Å². The highest BCUT2D eigenvalue weighted by Gasteiger charge is 2.11. The Hall–Kier alpha value is -2.95. The van der Waals surface area contributed by atoms with Gasteiger partial charge in [-0.1, -0.05) is 65.3 Å². The summed E-state index contributed by atoms with van der Waals surface area (Å²) in [5.41, 5.74) is 2.92. The molecule has 0 spiro atoms. The summed E-state index contributed by atoms with van der Waals surface area (Å²) in [6.07, 6.45) is 0.222. The smallest absolute Gasteiger partial charge is 0.310 e. The van der Waals surface area contributed by atoms with Gasteiger partial charge in [0.05, 0.1) is 6.42 Å². The minimum atomic E-state index is -0.326. The molecule has 0 radical (unpaired) electrons. The number of hydrogen-bond acceptors (Lipinski definition) is 5.